The molecule has 5 nitrogen and oxygen atoms in total. The van der Waals surface area contributed by atoms with E-state index in [9.17, 15) is 8.42 Å². The van der Waals surface area contributed by atoms with Gasteiger partial charge in [0, 0.05) is 13.6 Å². The van der Waals surface area contributed by atoms with Crippen molar-refractivity contribution in [1.29, 1.82) is 0 Å². The minimum Gasteiger partial charge on any atom is -0.493 e. The van der Waals surface area contributed by atoms with Gasteiger partial charge in [0.1, 0.15) is 0 Å². The molecule has 2 rings (SSSR count). The fourth-order valence-electron chi connectivity index (χ4n) is 2.68. The van der Waals surface area contributed by atoms with Gasteiger partial charge in [-0.25, -0.2) is 8.42 Å². The monoisotopic (exact) mass is 363 g/mol. The predicted octanol–water partition coefficient (Wildman–Crippen LogP) is 3.53. The molecule has 0 aromatic heterocycles. The summed E-state index contributed by atoms with van der Waals surface area (Å²) in [7, 11) is -0.415. The van der Waals surface area contributed by atoms with Crippen LogP contribution in [0.4, 0.5) is 0 Å². The molecule has 0 N–H and O–H groups in total. The highest BCUT2D eigenvalue weighted by molar-refractivity contribution is 7.89. The van der Waals surface area contributed by atoms with Crippen molar-refractivity contribution in [3.8, 4) is 11.5 Å². The zero-order chi connectivity index (χ0) is 18.6. The van der Waals surface area contributed by atoms with Gasteiger partial charge in [0.2, 0.25) is 10.0 Å². The summed E-state index contributed by atoms with van der Waals surface area (Å²) < 4.78 is 37.9. The lowest BCUT2D eigenvalue weighted by molar-refractivity contribution is 0.310. The van der Waals surface area contributed by atoms with Gasteiger partial charge >= 0.3 is 0 Å². The fraction of sp³-hybridized carbons (Fsp3) is 0.368. The van der Waals surface area contributed by atoms with Crippen LogP contribution in [-0.2, 0) is 16.6 Å². The topological polar surface area (TPSA) is 55.8 Å². The van der Waals surface area contributed by atoms with Crippen LogP contribution in [0.5, 0.6) is 11.5 Å². The van der Waals surface area contributed by atoms with E-state index in [0.29, 0.717) is 23.0 Å². The average molecular weight is 363 g/mol. The van der Waals surface area contributed by atoms with Crippen molar-refractivity contribution in [2.75, 3.05) is 20.8 Å². The molecule has 25 heavy (non-hydrogen) atoms. The highest BCUT2D eigenvalue weighted by atomic mass is 32.2. The van der Waals surface area contributed by atoms with Crippen LogP contribution < -0.4 is 9.47 Å². The van der Waals surface area contributed by atoms with E-state index in [-0.39, 0.29) is 6.54 Å². The molecule has 0 bridgehead atoms. The molecule has 0 heterocycles. The Kier molecular flexibility index (Phi) is 6.08. The highest BCUT2D eigenvalue weighted by Crippen LogP contribution is 2.29. The number of hydrogen-bond donors (Lipinski definition) is 0. The second kappa shape index (κ2) is 7.89. The van der Waals surface area contributed by atoms with Crippen LogP contribution in [0.1, 0.15) is 23.6 Å². The Bertz CT molecular complexity index is 846. The number of sulfonamides is 1. The molecule has 2 aromatic carbocycles. The third kappa shape index (κ3) is 4.32. The van der Waals surface area contributed by atoms with Crippen LogP contribution in [0.3, 0.4) is 0 Å². The Hall–Kier alpha value is -2.05. The van der Waals surface area contributed by atoms with Crippen molar-refractivity contribution in [3.63, 3.8) is 0 Å². The van der Waals surface area contributed by atoms with Crippen LogP contribution in [-0.4, -0.2) is 33.5 Å². The minimum absolute atomic E-state index is 0.248. The molecule has 0 saturated heterocycles. The highest BCUT2D eigenvalue weighted by Gasteiger charge is 2.23. The van der Waals surface area contributed by atoms with E-state index in [1.54, 1.807) is 32.4 Å². The van der Waals surface area contributed by atoms with Crippen molar-refractivity contribution in [3.05, 3.63) is 53.1 Å². The summed E-state index contributed by atoms with van der Waals surface area (Å²) in [6.45, 7) is 6.44. The maximum atomic E-state index is 12.9. The van der Waals surface area contributed by atoms with Gasteiger partial charge < -0.3 is 9.47 Å². The molecule has 136 valence electrons. The van der Waals surface area contributed by atoms with E-state index in [1.807, 2.05) is 39.0 Å². The van der Waals surface area contributed by atoms with Gasteiger partial charge in [-0.3, -0.25) is 0 Å². The Morgan fingerprint density at radius 3 is 2.36 bits per heavy atom. The summed E-state index contributed by atoms with van der Waals surface area (Å²) in [6, 6.07) is 10.8. The number of nitrogens with zero attached hydrogens (tertiary/aromatic N) is 1. The average Bonchev–Trinajstić information content (AvgIpc) is 2.56. The standard InChI is InChI=1S/C19H25NO4S/c1-6-24-17-9-8-16(12-18(17)23-5)13-20(4)25(21,22)19-10-7-14(2)11-15(19)3/h7-12H,6,13H2,1-5H3. The lowest BCUT2D eigenvalue weighted by Gasteiger charge is -2.19. The lowest BCUT2D eigenvalue weighted by Crippen LogP contribution is -2.27. The summed E-state index contributed by atoms with van der Waals surface area (Å²) in [5.41, 5.74) is 2.61. The van der Waals surface area contributed by atoms with Crippen molar-refractivity contribution in [2.24, 2.45) is 0 Å². The Morgan fingerprint density at radius 1 is 1.04 bits per heavy atom. The second-order valence-electron chi connectivity index (χ2n) is 5.95. The molecule has 0 aliphatic carbocycles. The molecular formula is C19H25NO4S. The van der Waals surface area contributed by atoms with Gasteiger partial charge in [0.25, 0.3) is 0 Å². The molecule has 0 amide bonds. The van der Waals surface area contributed by atoms with E-state index in [2.05, 4.69) is 0 Å². The number of methoxy groups -OCH3 is 1. The number of ether oxygens (including phenoxy) is 2. The maximum absolute atomic E-state index is 12.9. The van der Waals surface area contributed by atoms with E-state index in [1.165, 1.54) is 4.31 Å². The first-order chi connectivity index (χ1) is 11.8. The molecule has 6 heteroatoms. The molecule has 0 spiro atoms. The zero-order valence-corrected chi connectivity index (χ0v) is 16.2. The number of hydrogen-bond acceptors (Lipinski definition) is 4. The quantitative estimate of drug-likeness (QED) is 0.755. The van der Waals surface area contributed by atoms with Gasteiger partial charge in [-0.15, -0.1) is 0 Å². The van der Waals surface area contributed by atoms with Gasteiger partial charge in [0.05, 0.1) is 18.6 Å². The van der Waals surface area contributed by atoms with Crippen molar-refractivity contribution in [2.45, 2.75) is 32.2 Å². The molecule has 0 radical (unpaired) electrons. The third-order valence-corrected chi connectivity index (χ3v) is 5.92. The zero-order valence-electron chi connectivity index (χ0n) is 15.4. The van der Waals surface area contributed by atoms with Crippen molar-refractivity contribution < 1.29 is 17.9 Å². The number of benzene rings is 2. The van der Waals surface area contributed by atoms with Crippen LogP contribution in [0.25, 0.3) is 0 Å². The summed E-state index contributed by atoms with van der Waals surface area (Å²) in [5, 5.41) is 0. The first kappa shape index (κ1) is 19.3. The first-order valence-electron chi connectivity index (χ1n) is 8.13. The molecular weight excluding hydrogens is 338 g/mol. The number of rotatable bonds is 7. The number of aryl methyl sites for hydroxylation is 2. The van der Waals surface area contributed by atoms with Crippen LogP contribution >= 0.6 is 0 Å². The Morgan fingerprint density at radius 2 is 1.76 bits per heavy atom. The summed E-state index contributed by atoms with van der Waals surface area (Å²) in [4.78, 5) is 0.332. The minimum atomic E-state index is -3.56. The molecule has 2 aromatic rings. The summed E-state index contributed by atoms with van der Waals surface area (Å²) in [6.07, 6.45) is 0. The molecule has 0 unspecified atom stereocenters. The Balaban J connectivity index is 2.27. The van der Waals surface area contributed by atoms with Gasteiger partial charge in [-0.1, -0.05) is 23.8 Å². The lowest BCUT2D eigenvalue weighted by atomic mass is 10.2. The van der Waals surface area contributed by atoms with Gasteiger partial charge in [-0.05, 0) is 50.1 Å². The van der Waals surface area contributed by atoms with E-state index in [0.717, 1.165) is 16.7 Å². The SMILES string of the molecule is CCOc1ccc(CN(C)S(=O)(=O)c2ccc(C)cc2C)cc1OC. The van der Waals surface area contributed by atoms with Gasteiger partial charge in [-0.2, -0.15) is 4.31 Å². The molecule has 0 saturated carbocycles. The largest absolute Gasteiger partial charge is 0.493 e. The van der Waals surface area contributed by atoms with E-state index >= 15 is 0 Å². The predicted molar refractivity (Wildman–Crippen MR) is 98.7 cm³/mol. The van der Waals surface area contributed by atoms with Crippen molar-refractivity contribution >= 4 is 10.0 Å². The molecule has 0 aliphatic heterocycles. The van der Waals surface area contributed by atoms with Crippen LogP contribution in [0.2, 0.25) is 0 Å². The van der Waals surface area contributed by atoms with Gasteiger partial charge in [0.15, 0.2) is 11.5 Å². The first-order valence-corrected chi connectivity index (χ1v) is 9.57. The third-order valence-electron chi connectivity index (χ3n) is 3.95. The maximum Gasteiger partial charge on any atom is 0.243 e. The van der Waals surface area contributed by atoms with Crippen LogP contribution in [0, 0.1) is 13.8 Å². The normalized spacial score (nSPS) is 11.6. The van der Waals surface area contributed by atoms with Crippen LogP contribution in [0.15, 0.2) is 41.3 Å². The van der Waals surface area contributed by atoms with Crippen molar-refractivity contribution in [1.82, 2.24) is 4.31 Å². The molecule has 0 fully saturated rings. The Labute approximate surface area is 150 Å². The summed E-state index contributed by atoms with van der Waals surface area (Å²) >= 11 is 0. The fourth-order valence-corrected chi connectivity index (χ4v) is 4.04. The molecule has 0 aliphatic rings. The molecule has 0 atom stereocenters. The van der Waals surface area contributed by atoms with E-state index < -0.39 is 10.0 Å². The smallest absolute Gasteiger partial charge is 0.243 e. The van der Waals surface area contributed by atoms with E-state index in [4.69, 9.17) is 9.47 Å². The second-order valence-corrected chi connectivity index (χ2v) is 7.96. The summed E-state index contributed by atoms with van der Waals surface area (Å²) in [5.74, 6) is 1.24.